The highest BCUT2D eigenvalue weighted by atomic mass is 16.2. The summed E-state index contributed by atoms with van der Waals surface area (Å²) in [6.45, 7) is 7.23. The van der Waals surface area contributed by atoms with Gasteiger partial charge in [0.25, 0.3) is 0 Å². The third-order valence-corrected chi connectivity index (χ3v) is 2.91. The molecule has 0 spiro atoms. The Labute approximate surface area is 121 Å². The number of benzene rings is 1. The van der Waals surface area contributed by atoms with Crippen molar-refractivity contribution in [1.82, 2.24) is 10.2 Å². The highest BCUT2D eigenvalue weighted by Gasteiger charge is 2.12. The summed E-state index contributed by atoms with van der Waals surface area (Å²) in [4.78, 5) is 25.4. The van der Waals surface area contributed by atoms with Gasteiger partial charge in [0.1, 0.15) is 0 Å². The van der Waals surface area contributed by atoms with Crippen molar-refractivity contribution in [2.24, 2.45) is 5.92 Å². The zero-order valence-electron chi connectivity index (χ0n) is 12.8. The molecule has 0 aromatic heterocycles. The van der Waals surface area contributed by atoms with Crippen LogP contribution in [0.15, 0.2) is 24.3 Å². The first-order valence-corrected chi connectivity index (χ1v) is 6.93. The van der Waals surface area contributed by atoms with Crippen LogP contribution in [0.5, 0.6) is 0 Å². The summed E-state index contributed by atoms with van der Waals surface area (Å²) in [6.07, 6.45) is 0. The second kappa shape index (κ2) is 7.80. The number of carbonyl (C=O) groups is 2. The highest BCUT2D eigenvalue weighted by Crippen LogP contribution is 2.04. The summed E-state index contributed by atoms with van der Waals surface area (Å²) < 4.78 is 0. The molecule has 4 heteroatoms. The summed E-state index contributed by atoms with van der Waals surface area (Å²) in [5, 5.41) is 2.84. The first kappa shape index (κ1) is 16.4. The molecular weight excluding hydrogens is 252 g/mol. The molecule has 0 bridgehead atoms. The zero-order valence-corrected chi connectivity index (χ0v) is 12.8. The van der Waals surface area contributed by atoms with Crippen molar-refractivity contribution in [2.45, 2.75) is 20.8 Å². The fourth-order valence-electron chi connectivity index (χ4n) is 1.75. The number of ketones is 1. The molecule has 0 saturated heterocycles. The van der Waals surface area contributed by atoms with Gasteiger partial charge in [-0.1, -0.05) is 43.7 Å². The Balaban J connectivity index is 2.41. The summed E-state index contributed by atoms with van der Waals surface area (Å²) >= 11 is 0. The molecular formula is C16H24N2O2. The van der Waals surface area contributed by atoms with Gasteiger partial charge in [0, 0.05) is 12.1 Å². The molecule has 0 aliphatic rings. The molecule has 0 saturated carbocycles. The number of hydrogen-bond donors (Lipinski definition) is 1. The molecule has 0 fully saturated rings. The van der Waals surface area contributed by atoms with E-state index in [9.17, 15) is 9.59 Å². The third-order valence-electron chi connectivity index (χ3n) is 2.91. The highest BCUT2D eigenvalue weighted by molar-refractivity contribution is 5.97. The fraction of sp³-hybridized carbons (Fsp3) is 0.500. The summed E-state index contributed by atoms with van der Waals surface area (Å²) in [5.41, 5.74) is 1.81. The van der Waals surface area contributed by atoms with Crippen molar-refractivity contribution < 1.29 is 9.59 Å². The molecule has 1 N–H and O–H groups in total. The monoisotopic (exact) mass is 276 g/mol. The smallest absolute Gasteiger partial charge is 0.234 e. The van der Waals surface area contributed by atoms with Crippen LogP contribution in [0.1, 0.15) is 29.8 Å². The molecule has 0 unspecified atom stereocenters. The first-order chi connectivity index (χ1) is 9.38. The van der Waals surface area contributed by atoms with E-state index >= 15 is 0 Å². The summed E-state index contributed by atoms with van der Waals surface area (Å²) in [6, 6.07) is 7.49. The maximum Gasteiger partial charge on any atom is 0.234 e. The van der Waals surface area contributed by atoms with Gasteiger partial charge >= 0.3 is 0 Å². The molecule has 1 rings (SSSR count). The number of nitrogens with one attached hydrogen (secondary N) is 1. The van der Waals surface area contributed by atoms with Crippen molar-refractivity contribution in [3.05, 3.63) is 35.4 Å². The quantitative estimate of drug-likeness (QED) is 0.774. The number of rotatable bonds is 7. The van der Waals surface area contributed by atoms with Gasteiger partial charge in [-0.2, -0.15) is 0 Å². The minimum absolute atomic E-state index is 0.0316. The lowest BCUT2D eigenvalue weighted by Gasteiger charge is -2.16. The van der Waals surface area contributed by atoms with Crippen molar-refractivity contribution >= 4 is 11.7 Å². The molecule has 1 amide bonds. The molecule has 0 heterocycles. The minimum Gasteiger partial charge on any atom is -0.355 e. The van der Waals surface area contributed by atoms with Gasteiger partial charge in [-0.05, 0) is 19.9 Å². The van der Waals surface area contributed by atoms with Crippen LogP contribution in [0, 0.1) is 12.8 Å². The Kier molecular flexibility index (Phi) is 6.39. The van der Waals surface area contributed by atoms with Gasteiger partial charge in [0.15, 0.2) is 5.78 Å². The fourth-order valence-corrected chi connectivity index (χ4v) is 1.75. The van der Waals surface area contributed by atoms with Crippen LogP contribution < -0.4 is 5.32 Å². The number of carbonyl (C=O) groups excluding carboxylic acids is 2. The average molecular weight is 276 g/mol. The molecule has 0 atom stereocenters. The largest absolute Gasteiger partial charge is 0.355 e. The van der Waals surface area contributed by atoms with Crippen molar-refractivity contribution in [1.29, 1.82) is 0 Å². The van der Waals surface area contributed by atoms with Gasteiger partial charge in [-0.25, -0.2) is 0 Å². The average Bonchev–Trinajstić information content (AvgIpc) is 2.36. The molecule has 0 aliphatic heterocycles. The molecule has 110 valence electrons. The Morgan fingerprint density at radius 1 is 1.15 bits per heavy atom. The number of likely N-dealkylation sites (N-methyl/N-ethyl adjacent to an activating group) is 1. The third kappa shape index (κ3) is 5.97. The van der Waals surface area contributed by atoms with Crippen LogP contribution in [-0.4, -0.2) is 43.3 Å². The van der Waals surface area contributed by atoms with Gasteiger partial charge in [-0.3, -0.25) is 14.5 Å². The predicted molar refractivity (Wildman–Crippen MR) is 80.9 cm³/mol. The Bertz CT molecular complexity index is 452. The lowest BCUT2D eigenvalue weighted by atomic mass is 10.1. The molecule has 1 aromatic rings. The van der Waals surface area contributed by atoms with E-state index in [0.29, 0.717) is 18.0 Å². The Hall–Kier alpha value is -1.68. The molecule has 0 aliphatic carbocycles. The standard InChI is InChI=1S/C16H24N2O2/c1-12(2)9-17-16(20)11-18(4)10-15(19)14-7-5-13(3)6-8-14/h5-8,12H,9-11H2,1-4H3,(H,17,20). The van der Waals surface area contributed by atoms with E-state index < -0.39 is 0 Å². The van der Waals surface area contributed by atoms with Gasteiger partial charge in [0.05, 0.1) is 13.1 Å². The number of aryl methyl sites for hydroxylation is 1. The number of nitrogens with zero attached hydrogens (tertiary/aromatic N) is 1. The van der Waals surface area contributed by atoms with E-state index in [2.05, 4.69) is 5.32 Å². The molecule has 4 nitrogen and oxygen atoms in total. The van der Waals surface area contributed by atoms with Crippen LogP contribution in [0.25, 0.3) is 0 Å². The van der Waals surface area contributed by atoms with Crippen molar-refractivity contribution in [3.63, 3.8) is 0 Å². The van der Waals surface area contributed by atoms with Crippen molar-refractivity contribution in [3.8, 4) is 0 Å². The zero-order chi connectivity index (χ0) is 15.1. The lowest BCUT2D eigenvalue weighted by molar-refractivity contribution is -0.121. The SMILES string of the molecule is Cc1ccc(C(=O)CN(C)CC(=O)NCC(C)C)cc1. The lowest BCUT2D eigenvalue weighted by Crippen LogP contribution is -2.38. The van der Waals surface area contributed by atoms with Gasteiger partial charge < -0.3 is 5.32 Å². The Morgan fingerprint density at radius 2 is 1.75 bits per heavy atom. The van der Waals surface area contributed by atoms with Crippen LogP contribution >= 0.6 is 0 Å². The molecule has 1 aromatic carbocycles. The Morgan fingerprint density at radius 3 is 2.30 bits per heavy atom. The minimum atomic E-state index is -0.0436. The maximum absolute atomic E-state index is 12.0. The molecule has 0 radical (unpaired) electrons. The van der Waals surface area contributed by atoms with Crippen LogP contribution in [0.3, 0.4) is 0 Å². The number of Topliss-reactive ketones (excluding diaryl/α,β-unsaturated/α-hetero) is 1. The number of hydrogen-bond acceptors (Lipinski definition) is 3. The van der Waals surface area contributed by atoms with Gasteiger partial charge in [0.2, 0.25) is 5.91 Å². The van der Waals surface area contributed by atoms with Crippen LogP contribution in [0.2, 0.25) is 0 Å². The van der Waals surface area contributed by atoms with E-state index in [4.69, 9.17) is 0 Å². The summed E-state index contributed by atoms with van der Waals surface area (Å²) in [5.74, 6) is 0.417. The molecule has 20 heavy (non-hydrogen) atoms. The van der Waals surface area contributed by atoms with Crippen molar-refractivity contribution in [2.75, 3.05) is 26.7 Å². The summed E-state index contributed by atoms with van der Waals surface area (Å²) in [7, 11) is 1.78. The number of amides is 1. The van der Waals surface area contributed by atoms with E-state index in [1.165, 1.54) is 0 Å². The second-order valence-corrected chi connectivity index (χ2v) is 5.66. The van der Waals surface area contributed by atoms with Crippen LogP contribution in [-0.2, 0) is 4.79 Å². The second-order valence-electron chi connectivity index (χ2n) is 5.66. The topological polar surface area (TPSA) is 49.4 Å². The van der Waals surface area contributed by atoms with E-state index in [-0.39, 0.29) is 24.8 Å². The van der Waals surface area contributed by atoms with Gasteiger partial charge in [-0.15, -0.1) is 0 Å². The van der Waals surface area contributed by atoms with E-state index in [0.717, 1.165) is 5.56 Å². The van der Waals surface area contributed by atoms with E-state index in [1.54, 1.807) is 11.9 Å². The van der Waals surface area contributed by atoms with E-state index in [1.807, 2.05) is 45.0 Å². The first-order valence-electron chi connectivity index (χ1n) is 6.93. The maximum atomic E-state index is 12.0. The predicted octanol–water partition coefficient (Wildman–Crippen LogP) is 1.88. The van der Waals surface area contributed by atoms with Crippen LogP contribution in [0.4, 0.5) is 0 Å². The normalized spacial score (nSPS) is 10.9.